The maximum Gasteiger partial charge on any atom is 0.378 e. The van der Waals surface area contributed by atoms with Crippen LogP contribution < -0.4 is 4.74 Å². The molecule has 0 unspecified atom stereocenters. The summed E-state index contributed by atoms with van der Waals surface area (Å²) >= 11 is 2.07. The minimum Gasteiger partial charge on any atom is -0.507 e. The zero-order chi connectivity index (χ0) is 15.3. The molecule has 20 heavy (non-hydrogen) atoms. The Kier molecular flexibility index (Phi) is 6.00. The van der Waals surface area contributed by atoms with Gasteiger partial charge < -0.3 is 14.6 Å². The number of esters is 1. The number of ether oxygens (including phenoxy) is 2. The van der Waals surface area contributed by atoms with E-state index in [4.69, 9.17) is 4.74 Å². The zero-order valence-electron chi connectivity index (χ0n) is 11.3. The second-order valence-corrected chi connectivity index (χ2v) is 5.36. The summed E-state index contributed by atoms with van der Waals surface area (Å²) < 4.78 is 10.6. The summed E-state index contributed by atoms with van der Waals surface area (Å²) in [6.07, 6.45) is 0.875. The minimum atomic E-state index is -1.02. The average Bonchev–Trinajstić information content (AvgIpc) is 2.39. The Morgan fingerprint density at radius 1 is 1.35 bits per heavy atom. The summed E-state index contributed by atoms with van der Waals surface area (Å²) in [6.45, 7) is 3.83. The summed E-state index contributed by atoms with van der Waals surface area (Å²) in [5.41, 5.74) is 0.419. The standard InChI is InChI=1S/C14H15IO5/c1-8(2)20-13-5-4-9(6-10(13)15)11(16)7-12(17)14(18)19-3/h4-8,16H,1-3H3. The molecule has 0 spiro atoms. The average molecular weight is 390 g/mol. The second kappa shape index (κ2) is 7.28. The third-order valence-electron chi connectivity index (χ3n) is 2.24. The van der Waals surface area contributed by atoms with Crippen molar-refractivity contribution in [3.05, 3.63) is 33.4 Å². The van der Waals surface area contributed by atoms with E-state index in [1.807, 2.05) is 13.8 Å². The number of carbonyl (C=O) groups is 2. The van der Waals surface area contributed by atoms with E-state index in [1.165, 1.54) is 0 Å². The highest BCUT2D eigenvalue weighted by Crippen LogP contribution is 2.25. The first kappa shape index (κ1) is 16.5. The number of carbonyl (C=O) groups excluding carboxylic acids is 2. The summed E-state index contributed by atoms with van der Waals surface area (Å²) in [6, 6.07) is 4.97. The summed E-state index contributed by atoms with van der Waals surface area (Å²) in [5.74, 6) is -1.54. The zero-order valence-corrected chi connectivity index (χ0v) is 13.5. The molecule has 0 bridgehead atoms. The maximum absolute atomic E-state index is 11.3. The molecule has 1 aromatic carbocycles. The van der Waals surface area contributed by atoms with Gasteiger partial charge in [-0.15, -0.1) is 0 Å². The molecule has 108 valence electrons. The van der Waals surface area contributed by atoms with Crippen LogP contribution >= 0.6 is 22.6 Å². The SMILES string of the molecule is COC(=O)C(=O)C=C(O)c1ccc(OC(C)C)c(I)c1. The summed E-state index contributed by atoms with van der Waals surface area (Å²) in [4.78, 5) is 22.3. The van der Waals surface area contributed by atoms with Crippen LogP contribution in [0.3, 0.4) is 0 Å². The van der Waals surface area contributed by atoms with Crippen LogP contribution in [0.5, 0.6) is 5.75 Å². The van der Waals surface area contributed by atoms with E-state index in [0.29, 0.717) is 11.3 Å². The van der Waals surface area contributed by atoms with Crippen molar-refractivity contribution in [2.45, 2.75) is 20.0 Å². The van der Waals surface area contributed by atoms with Crippen LogP contribution in [-0.2, 0) is 14.3 Å². The molecule has 1 aromatic rings. The normalized spacial score (nSPS) is 11.3. The van der Waals surface area contributed by atoms with Gasteiger partial charge in [0.25, 0.3) is 5.78 Å². The van der Waals surface area contributed by atoms with Crippen LogP contribution in [0.25, 0.3) is 5.76 Å². The predicted molar refractivity (Wildman–Crippen MR) is 82.6 cm³/mol. The lowest BCUT2D eigenvalue weighted by molar-refractivity contribution is -0.149. The molecule has 0 aliphatic rings. The van der Waals surface area contributed by atoms with Crippen LogP contribution in [0.15, 0.2) is 24.3 Å². The van der Waals surface area contributed by atoms with E-state index in [1.54, 1.807) is 18.2 Å². The van der Waals surface area contributed by atoms with Gasteiger partial charge in [0.05, 0.1) is 16.8 Å². The Morgan fingerprint density at radius 3 is 2.50 bits per heavy atom. The van der Waals surface area contributed by atoms with Gasteiger partial charge in [-0.1, -0.05) is 0 Å². The molecule has 1 rings (SSSR count). The monoisotopic (exact) mass is 390 g/mol. The van der Waals surface area contributed by atoms with Crippen molar-refractivity contribution in [2.75, 3.05) is 7.11 Å². The van der Waals surface area contributed by atoms with Gasteiger partial charge in [0.15, 0.2) is 0 Å². The van der Waals surface area contributed by atoms with Gasteiger partial charge in [-0.05, 0) is 54.6 Å². The van der Waals surface area contributed by atoms with Gasteiger partial charge in [-0.3, -0.25) is 4.79 Å². The Balaban J connectivity index is 2.98. The van der Waals surface area contributed by atoms with E-state index < -0.39 is 11.8 Å². The van der Waals surface area contributed by atoms with Crippen LogP contribution in [0.2, 0.25) is 0 Å². The lowest BCUT2D eigenvalue weighted by Crippen LogP contribution is -2.13. The van der Waals surface area contributed by atoms with Crippen molar-refractivity contribution in [3.8, 4) is 5.75 Å². The predicted octanol–water partition coefficient (Wildman–Crippen LogP) is 2.72. The molecule has 0 aliphatic carbocycles. The van der Waals surface area contributed by atoms with Crippen LogP contribution in [0.4, 0.5) is 0 Å². The van der Waals surface area contributed by atoms with Gasteiger partial charge >= 0.3 is 5.97 Å². The minimum absolute atomic E-state index is 0.0411. The number of methoxy groups -OCH3 is 1. The van der Waals surface area contributed by atoms with Gasteiger partial charge in [0.1, 0.15) is 11.5 Å². The molecule has 5 nitrogen and oxygen atoms in total. The Morgan fingerprint density at radius 2 is 2.00 bits per heavy atom. The van der Waals surface area contributed by atoms with Crippen molar-refractivity contribution in [1.82, 2.24) is 0 Å². The van der Waals surface area contributed by atoms with Crippen molar-refractivity contribution in [1.29, 1.82) is 0 Å². The lowest BCUT2D eigenvalue weighted by Gasteiger charge is -2.12. The largest absolute Gasteiger partial charge is 0.507 e. The van der Waals surface area contributed by atoms with E-state index >= 15 is 0 Å². The molecular formula is C14H15IO5. The first-order valence-corrected chi connectivity index (χ1v) is 6.92. The number of hydrogen-bond donors (Lipinski definition) is 1. The van der Waals surface area contributed by atoms with Crippen molar-refractivity contribution in [2.24, 2.45) is 0 Å². The van der Waals surface area contributed by atoms with E-state index in [9.17, 15) is 14.7 Å². The van der Waals surface area contributed by atoms with E-state index in [0.717, 1.165) is 16.8 Å². The molecule has 0 radical (unpaired) electrons. The molecule has 0 aliphatic heterocycles. The molecule has 0 saturated carbocycles. The highest BCUT2D eigenvalue weighted by atomic mass is 127. The quantitative estimate of drug-likeness (QED) is 0.275. The van der Waals surface area contributed by atoms with Crippen molar-refractivity contribution >= 4 is 40.1 Å². The summed E-state index contributed by atoms with van der Waals surface area (Å²) in [7, 11) is 1.10. The maximum atomic E-state index is 11.3. The van der Waals surface area contributed by atoms with Crippen LogP contribution in [0.1, 0.15) is 19.4 Å². The third-order valence-corrected chi connectivity index (χ3v) is 3.09. The molecule has 0 atom stereocenters. The fourth-order valence-electron chi connectivity index (χ4n) is 1.38. The number of benzene rings is 1. The molecular weight excluding hydrogens is 375 g/mol. The molecule has 0 saturated heterocycles. The fourth-order valence-corrected chi connectivity index (χ4v) is 2.02. The van der Waals surface area contributed by atoms with Gasteiger partial charge in [-0.25, -0.2) is 4.79 Å². The first-order valence-electron chi connectivity index (χ1n) is 5.84. The summed E-state index contributed by atoms with van der Waals surface area (Å²) in [5, 5.41) is 9.82. The topological polar surface area (TPSA) is 72.8 Å². The van der Waals surface area contributed by atoms with Crippen LogP contribution in [-0.4, -0.2) is 30.1 Å². The number of hydrogen-bond acceptors (Lipinski definition) is 5. The number of aliphatic hydroxyl groups is 1. The van der Waals surface area contributed by atoms with Gasteiger partial charge in [0, 0.05) is 11.6 Å². The first-order chi connectivity index (χ1) is 9.35. The Hall–Kier alpha value is -1.57. The Labute approximate surface area is 130 Å². The lowest BCUT2D eigenvalue weighted by atomic mass is 10.1. The molecule has 0 amide bonds. The smallest absolute Gasteiger partial charge is 0.378 e. The highest BCUT2D eigenvalue weighted by Gasteiger charge is 2.13. The van der Waals surface area contributed by atoms with Gasteiger partial charge in [-0.2, -0.15) is 0 Å². The number of halogens is 1. The molecule has 6 heteroatoms. The van der Waals surface area contributed by atoms with Gasteiger partial charge in [0.2, 0.25) is 0 Å². The van der Waals surface area contributed by atoms with E-state index in [-0.39, 0.29) is 11.9 Å². The number of aliphatic hydroxyl groups excluding tert-OH is 1. The van der Waals surface area contributed by atoms with Crippen LogP contribution in [0, 0.1) is 3.57 Å². The van der Waals surface area contributed by atoms with Crippen molar-refractivity contribution in [3.63, 3.8) is 0 Å². The van der Waals surface area contributed by atoms with E-state index in [2.05, 4.69) is 27.3 Å². The third kappa shape index (κ3) is 4.52. The number of rotatable bonds is 5. The molecule has 0 fully saturated rings. The number of ketones is 1. The Bertz CT molecular complexity index is 548. The van der Waals surface area contributed by atoms with Crippen molar-refractivity contribution < 1.29 is 24.2 Å². The second-order valence-electron chi connectivity index (χ2n) is 4.20. The fraction of sp³-hybridized carbons (Fsp3) is 0.286. The molecule has 0 aromatic heterocycles. The molecule has 1 N–H and O–H groups in total. The molecule has 0 heterocycles. The highest BCUT2D eigenvalue weighted by molar-refractivity contribution is 14.1.